The molecule has 116 valence electrons. The van der Waals surface area contributed by atoms with Gasteiger partial charge in [0, 0.05) is 18.2 Å². The van der Waals surface area contributed by atoms with Gasteiger partial charge in [0.1, 0.15) is 11.9 Å². The third-order valence-corrected chi connectivity index (χ3v) is 3.71. The lowest BCUT2D eigenvalue weighted by Gasteiger charge is -2.18. The number of anilines is 1. The standard InChI is InChI=1S/C15H17N3O4/c16-13-11(9-4-2-1-3-5-9)7-18(15(21)17-13)14-12(20)6-10(8-19)22-14/h1-5,7,10,12,14,19-20H,6,8H2,(H2,16,17,21)/t10-,12+,14+/m0/s1. The Labute approximate surface area is 126 Å². The number of nitrogens with two attached hydrogens (primary N) is 1. The van der Waals surface area contributed by atoms with Crippen molar-refractivity contribution >= 4 is 5.82 Å². The van der Waals surface area contributed by atoms with Crippen LogP contribution in [0, 0.1) is 0 Å². The van der Waals surface area contributed by atoms with Gasteiger partial charge in [-0.05, 0) is 5.56 Å². The Morgan fingerprint density at radius 1 is 1.36 bits per heavy atom. The van der Waals surface area contributed by atoms with Crippen LogP contribution in [0.5, 0.6) is 0 Å². The van der Waals surface area contributed by atoms with E-state index in [-0.39, 0.29) is 18.8 Å². The van der Waals surface area contributed by atoms with E-state index in [4.69, 9.17) is 15.6 Å². The second-order valence-electron chi connectivity index (χ2n) is 5.23. The summed E-state index contributed by atoms with van der Waals surface area (Å²) in [5.41, 5.74) is 6.64. The first-order valence-electron chi connectivity index (χ1n) is 6.98. The van der Waals surface area contributed by atoms with Crippen LogP contribution in [0.1, 0.15) is 12.6 Å². The predicted molar refractivity (Wildman–Crippen MR) is 80.0 cm³/mol. The fourth-order valence-electron chi connectivity index (χ4n) is 2.60. The molecule has 3 atom stereocenters. The van der Waals surface area contributed by atoms with E-state index < -0.39 is 24.1 Å². The first-order chi connectivity index (χ1) is 10.6. The van der Waals surface area contributed by atoms with E-state index in [0.29, 0.717) is 5.56 Å². The summed E-state index contributed by atoms with van der Waals surface area (Å²) in [5, 5.41) is 19.2. The zero-order valence-electron chi connectivity index (χ0n) is 11.8. The maximum Gasteiger partial charge on any atom is 0.351 e. The number of hydrogen-bond donors (Lipinski definition) is 3. The molecule has 0 saturated carbocycles. The Balaban J connectivity index is 2.04. The van der Waals surface area contributed by atoms with Crippen molar-refractivity contribution in [1.82, 2.24) is 9.55 Å². The number of aromatic nitrogens is 2. The number of rotatable bonds is 3. The van der Waals surface area contributed by atoms with Crippen LogP contribution in [-0.2, 0) is 4.74 Å². The zero-order valence-corrected chi connectivity index (χ0v) is 11.8. The molecule has 4 N–H and O–H groups in total. The second-order valence-corrected chi connectivity index (χ2v) is 5.23. The van der Waals surface area contributed by atoms with Crippen molar-refractivity contribution in [2.45, 2.75) is 24.9 Å². The van der Waals surface area contributed by atoms with Crippen LogP contribution in [0.15, 0.2) is 41.3 Å². The lowest BCUT2D eigenvalue weighted by molar-refractivity contribution is -0.0528. The Kier molecular flexibility index (Phi) is 3.93. The molecule has 0 spiro atoms. The molecule has 1 aliphatic rings. The van der Waals surface area contributed by atoms with Crippen LogP contribution >= 0.6 is 0 Å². The molecule has 7 nitrogen and oxygen atoms in total. The molecule has 0 radical (unpaired) electrons. The van der Waals surface area contributed by atoms with E-state index in [1.54, 1.807) is 0 Å². The number of nitrogen functional groups attached to an aromatic ring is 1. The number of nitrogens with zero attached hydrogens (tertiary/aromatic N) is 2. The first kappa shape index (κ1) is 14.7. The van der Waals surface area contributed by atoms with Crippen LogP contribution < -0.4 is 11.4 Å². The highest BCUT2D eigenvalue weighted by atomic mass is 16.5. The zero-order chi connectivity index (χ0) is 15.7. The molecule has 1 aromatic carbocycles. The first-order valence-corrected chi connectivity index (χ1v) is 6.98. The largest absolute Gasteiger partial charge is 0.394 e. The van der Waals surface area contributed by atoms with Gasteiger partial charge in [0.25, 0.3) is 0 Å². The molecular formula is C15H17N3O4. The van der Waals surface area contributed by atoms with Gasteiger partial charge in [0.2, 0.25) is 0 Å². The number of ether oxygens (including phenoxy) is 1. The molecule has 1 aromatic heterocycles. The molecule has 3 rings (SSSR count). The van der Waals surface area contributed by atoms with E-state index in [0.717, 1.165) is 5.56 Å². The van der Waals surface area contributed by atoms with Gasteiger partial charge in [-0.2, -0.15) is 4.98 Å². The molecule has 2 heterocycles. The summed E-state index contributed by atoms with van der Waals surface area (Å²) in [7, 11) is 0. The van der Waals surface area contributed by atoms with Crippen LogP contribution in [0.2, 0.25) is 0 Å². The number of aliphatic hydroxyl groups excluding tert-OH is 2. The highest BCUT2D eigenvalue weighted by molar-refractivity contribution is 5.72. The van der Waals surface area contributed by atoms with Gasteiger partial charge < -0.3 is 20.7 Å². The molecule has 0 bridgehead atoms. The van der Waals surface area contributed by atoms with E-state index in [1.165, 1.54) is 10.8 Å². The van der Waals surface area contributed by atoms with Crippen molar-refractivity contribution in [3.05, 3.63) is 47.0 Å². The Morgan fingerprint density at radius 2 is 2.09 bits per heavy atom. The molecule has 2 aromatic rings. The molecule has 1 saturated heterocycles. The van der Waals surface area contributed by atoms with Crippen LogP contribution in [0.3, 0.4) is 0 Å². The second kappa shape index (κ2) is 5.88. The van der Waals surface area contributed by atoms with Crippen molar-refractivity contribution in [3.8, 4) is 11.1 Å². The summed E-state index contributed by atoms with van der Waals surface area (Å²) in [4.78, 5) is 15.9. The summed E-state index contributed by atoms with van der Waals surface area (Å²) in [5.74, 6) is 0.124. The minimum absolute atomic E-state index is 0.124. The van der Waals surface area contributed by atoms with Gasteiger partial charge in [-0.1, -0.05) is 30.3 Å². The summed E-state index contributed by atoms with van der Waals surface area (Å²) < 4.78 is 6.72. The highest BCUT2D eigenvalue weighted by Gasteiger charge is 2.35. The Bertz CT molecular complexity index is 716. The Hall–Kier alpha value is -2.22. The van der Waals surface area contributed by atoms with Gasteiger partial charge >= 0.3 is 5.69 Å². The van der Waals surface area contributed by atoms with Gasteiger partial charge in [0.15, 0.2) is 6.23 Å². The number of hydrogen-bond acceptors (Lipinski definition) is 6. The highest BCUT2D eigenvalue weighted by Crippen LogP contribution is 2.30. The van der Waals surface area contributed by atoms with Crippen molar-refractivity contribution < 1.29 is 14.9 Å². The molecule has 0 amide bonds. The summed E-state index contributed by atoms with van der Waals surface area (Å²) in [6.07, 6.45) is -0.458. The molecule has 0 unspecified atom stereocenters. The topological polar surface area (TPSA) is 111 Å². The van der Waals surface area contributed by atoms with E-state index in [1.807, 2.05) is 30.3 Å². The quantitative estimate of drug-likeness (QED) is 0.743. The molecule has 0 aliphatic carbocycles. The van der Waals surface area contributed by atoms with Crippen molar-refractivity contribution in [2.75, 3.05) is 12.3 Å². The van der Waals surface area contributed by atoms with E-state index in [9.17, 15) is 9.90 Å². The van der Waals surface area contributed by atoms with Crippen molar-refractivity contribution in [1.29, 1.82) is 0 Å². The van der Waals surface area contributed by atoms with Crippen LogP contribution in [0.25, 0.3) is 11.1 Å². The minimum Gasteiger partial charge on any atom is -0.394 e. The summed E-state index contributed by atoms with van der Waals surface area (Å²) >= 11 is 0. The van der Waals surface area contributed by atoms with E-state index >= 15 is 0 Å². The number of aliphatic hydroxyl groups is 2. The maximum atomic E-state index is 12.1. The van der Waals surface area contributed by atoms with Crippen LogP contribution in [0.4, 0.5) is 5.82 Å². The molecular weight excluding hydrogens is 286 g/mol. The fraction of sp³-hybridized carbons (Fsp3) is 0.333. The lowest BCUT2D eigenvalue weighted by Crippen LogP contribution is -2.32. The molecule has 1 fully saturated rings. The fourth-order valence-corrected chi connectivity index (χ4v) is 2.60. The lowest BCUT2D eigenvalue weighted by atomic mass is 10.1. The maximum absolute atomic E-state index is 12.1. The van der Waals surface area contributed by atoms with Gasteiger partial charge in [-0.15, -0.1) is 0 Å². The minimum atomic E-state index is -0.885. The molecule has 7 heteroatoms. The smallest absolute Gasteiger partial charge is 0.351 e. The molecule has 1 aliphatic heterocycles. The monoisotopic (exact) mass is 303 g/mol. The van der Waals surface area contributed by atoms with Crippen molar-refractivity contribution in [2.24, 2.45) is 0 Å². The summed E-state index contributed by atoms with van der Waals surface area (Å²) in [6.45, 7) is -0.212. The van der Waals surface area contributed by atoms with Crippen molar-refractivity contribution in [3.63, 3.8) is 0 Å². The van der Waals surface area contributed by atoms with Gasteiger partial charge in [-0.3, -0.25) is 4.57 Å². The third-order valence-electron chi connectivity index (χ3n) is 3.71. The average Bonchev–Trinajstić information content (AvgIpc) is 2.89. The molecule has 22 heavy (non-hydrogen) atoms. The number of benzene rings is 1. The normalized spacial score (nSPS) is 24.5. The Morgan fingerprint density at radius 3 is 2.73 bits per heavy atom. The average molecular weight is 303 g/mol. The summed E-state index contributed by atoms with van der Waals surface area (Å²) in [6, 6.07) is 9.29. The SMILES string of the molecule is Nc1nc(=O)n([C@@H]2O[C@H](CO)C[C@H]2O)cc1-c1ccccc1. The third kappa shape index (κ3) is 2.61. The predicted octanol–water partition coefficient (Wildman–Crippen LogP) is 0.133. The van der Waals surface area contributed by atoms with Gasteiger partial charge in [-0.25, -0.2) is 4.79 Å². The van der Waals surface area contributed by atoms with Gasteiger partial charge in [0.05, 0.1) is 12.7 Å². The van der Waals surface area contributed by atoms with Crippen LogP contribution in [-0.4, -0.2) is 38.6 Å². The van der Waals surface area contributed by atoms with E-state index in [2.05, 4.69) is 4.98 Å².